The molecule has 0 saturated carbocycles. The number of benzene rings is 2. The smallest absolute Gasteiger partial charge is 0.287 e. The van der Waals surface area contributed by atoms with Crippen LogP contribution in [-0.2, 0) is 4.79 Å². The molecule has 0 aliphatic carbocycles. The van der Waals surface area contributed by atoms with E-state index in [1.165, 1.54) is 29.5 Å². The number of hydrogen-bond acceptors (Lipinski definition) is 5. The number of carbonyl (C=O) groups excluding carboxylic acids is 2. The molecule has 158 valence electrons. The zero-order valence-electron chi connectivity index (χ0n) is 16.8. The van der Waals surface area contributed by atoms with Crippen LogP contribution < -0.4 is 5.32 Å². The first-order chi connectivity index (χ1) is 15.5. The highest BCUT2D eigenvalue weighted by Crippen LogP contribution is 2.31. The predicted octanol–water partition coefficient (Wildman–Crippen LogP) is 5.35. The molecule has 1 unspecified atom stereocenters. The third-order valence-electron chi connectivity index (χ3n) is 5.13. The molecule has 9 heteroatoms. The molecule has 0 fully saturated rings. The molecule has 1 aliphatic heterocycles. The van der Waals surface area contributed by atoms with Gasteiger partial charge in [0.2, 0.25) is 0 Å². The third-order valence-corrected chi connectivity index (χ3v) is 6.29. The van der Waals surface area contributed by atoms with E-state index in [0.717, 1.165) is 16.8 Å². The molecular formula is C23H16FN5O2S. The summed E-state index contributed by atoms with van der Waals surface area (Å²) in [6.07, 6.45) is 4.86. The highest BCUT2D eigenvalue weighted by molar-refractivity contribution is 7.19. The molecule has 7 nitrogen and oxygen atoms in total. The van der Waals surface area contributed by atoms with E-state index in [9.17, 15) is 14.0 Å². The van der Waals surface area contributed by atoms with E-state index in [4.69, 9.17) is 0 Å². The second-order valence-corrected chi connectivity index (χ2v) is 8.18. The molecule has 0 spiro atoms. The summed E-state index contributed by atoms with van der Waals surface area (Å²) >= 11 is 1.28. The van der Waals surface area contributed by atoms with Crippen LogP contribution >= 0.6 is 11.3 Å². The Labute approximate surface area is 186 Å². The van der Waals surface area contributed by atoms with Gasteiger partial charge in [-0.2, -0.15) is 5.11 Å². The number of carbonyl (C=O) groups is 2. The minimum atomic E-state index is -0.441. The lowest BCUT2D eigenvalue weighted by atomic mass is 10.0. The number of anilines is 1. The van der Waals surface area contributed by atoms with Crippen molar-refractivity contribution in [3.8, 4) is 11.3 Å². The average molecular weight is 445 g/mol. The van der Waals surface area contributed by atoms with Crippen molar-refractivity contribution in [3.05, 3.63) is 88.8 Å². The third kappa shape index (κ3) is 3.63. The fourth-order valence-corrected chi connectivity index (χ4v) is 4.50. The Morgan fingerprint density at radius 2 is 1.94 bits per heavy atom. The largest absolute Gasteiger partial charge is 0.321 e. The van der Waals surface area contributed by atoms with Crippen molar-refractivity contribution in [2.75, 3.05) is 5.32 Å². The minimum Gasteiger partial charge on any atom is -0.321 e. The molecule has 0 saturated heterocycles. The Kier molecular flexibility index (Phi) is 4.95. The van der Waals surface area contributed by atoms with E-state index in [1.807, 2.05) is 35.7 Å². The van der Waals surface area contributed by atoms with Crippen LogP contribution in [0.3, 0.4) is 0 Å². The second kappa shape index (κ2) is 7.93. The van der Waals surface area contributed by atoms with E-state index in [2.05, 4.69) is 20.5 Å². The number of halogens is 1. The summed E-state index contributed by atoms with van der Waals surface area (Å²) in [5.41, 5.74) is 3.60. The van der Waals surface area contributed by atoms with Gasteiger partial charge in [-0.1, -0.05) is 29.5 Å². The van der Waals surface area contributed by atoms with Gasteiger partial charge in [0.15, 0.2) is 4.96 Å². The molecule has 0 bridgehead atoms. The van der Waals surface area contributed by atoms with Crippen LogP contribution in [0.15, 0.2) is 77.1 Å². The normalized spacial score (nSPS) is 15.4. The fraction of sp³-hybridized carbons (Fsp3) is 0.0870. The lowest BCUT2D eigenvalue weighted by molar-refractivity contribution is -0.114. The molecule has 0 radical (unpaired) electrons. The zero-order chi connectivity index (χ0) is 22.2. The van der Waals surface area contributed by atoms with E-state index in [1.54, 1.807) is 24.3 Å². The molecule has 2 amide bonds. The van der Waals surface area contributed by atoms with Crippen molar-refractivity contribution in [2.45, 2.75) is 13.0 Å². The molecule has 1 N–H and O–H groups in total. The second-order valence-electron chi connectivity index (χ2n) is 7.20. The maximum absolute atomic E-state index is 13.2. The lowest BCUT2D eigenvalue weighted by Gasteiger charge is -2.15. The van der Waals surface area contributed by atoms with Crippen LogP contribution in [0.2, 0.25) is 0 Å². The molecular weight excluding hydrogens is 429 g/mol. The van der Waals surface area contributed by atoms with Crippen molar-refractivity contribution < 1.29 is 14.0 Å². The standard InChI is InChI=1S/C23H16FN5O2S/c1-13-21(32-23-26-19(12-29(13)23)14-6-8-15(24)9-7-14)22(31)25-17-5-3-2-4-16(17)18-10-11-20(30)28-27-18/h2-12,18H,1H3,(H,25,31). The fourth-order valence-electron chi connectivity index (χ4n) is 3.50. The first-order valence-corrected chi connectivity index (χ1v) is 10.6. The van der Waals surface area contributed by atoms with Crippen molar-refractivity contribution in [2.24, 2.45) is 10.2 Å². The van der Waals surface area contributed by atoms with Gasteiger partial charge in [0.1, 0.15) is 16.7 Å². The molecule has 5 rings (SSSR count). The number of rotatable bonds is 4. The maximum Gasteiger partial charge on any atom is 0.287 e. The van der Waals surface area contributed by atoms with Crippen LogP contribution in [0.4, 0.5) is 10.1 Å². The van der Waals surface area contributed by atoms with E-state index in [0.29, 0.717) is 21.2 Å². The monoisotopic (exact) mass is 445 g/mol. The molecule has 3 heterocycles. The first-order valence-electron chi connectivity index (χ1n) is 9.77. The van der Waals surface area contributed by atoms with Gasteiger partial charge in [0.05, 0.1) is 5.69 Å². The van der Waals surface area contributed by atoms with Gasteiger partial charge in [-0.25, -0.2) is 9.37 Å². The van der Waals surface area contributed by atoms with Crippen molar-refractivity contribution in [1.82, 2.24) is 9.38 Å². The Balaban J connectivity index is 1.43. The molecule has 32 heavy (non-hydrogen) atoms. The summed E-state index contributed by atoms with van der Waals surface area (Å²) in [6.45, 7) is 1.85. The summed E-state index contributed by atoms with van der Waals surface area (Å²) in [4.78, 5) is 30.1. The Morgan fingerprint density at radius 3 is 2.66 bits per heavy atom. The first kappa shape index (κ1) is 20.0. The van der Waals surface area contributed by atoms with Crippen molar-refractivity contribution >= 4 is 33.8 Å². The van der Waals surface area contributed by atoms with Gasteiger partial charge in [-0.15, -0.1) is 5.11 Å². The van der Waals surface area contributed by atoms with Crippen LogP contribution in [-0.4, -0.2) is 21.2 Å². The summed E-state index contributed by atoms with van der Waals surface area (Å²) in [6, 6.07) is 13.0. The van der Waals surface area contributed by atoms with Gasteiger partial charge in [0.25, 0.3) is 11.8 Å². The molecule has 2 aromatic heterocycles. The Bertz CT molecular complexity index is 1400. The average Bonchev–Trinajstić information content (AvgIpc) is 3.35. The Hall–Kier alpha value is -3.98. The van der Waals surface area contributed by atoms with Crippen LogP contribution in [0.25, 0.3) is 16.2 Å². The number of para-hydroxylation sites is 1. The van der Waals surface area contributed by atoms with Gasteiger partial charge < -0.3 is 5.32 Å². The number of amides is 2. The SMILES string of the molecule is Cc1c(C(=O)Nc2ccccc2C2C=CC(=O)N=N2)sc2nc(-c3ccc(F)cc3)cn12. The molecule has 2 aromatic carbocycles. The number of aryl methyl sites for hydroxylation is 1. The predicted molar refractivity (Wildman–Crippen MR) is 119 cm³/mol. The summed E-state index contributed by atoms with van der Waals surface area (Å²) in [5.74, 6) is -0.969. The van der Waals surface area contributed by atoms with Crippen LogP contribution in [0, 0.1) is 12.7 Å². The number of azo groups is 1. The number of hydrogen-bond donors (Lipinski definition) is 1. The van der Waals surface area contributed by atoms with Gasteiger partial charge in [-0.3, -0.25) is 14.0 Å². The molecule has 4 aromatic rings. The summed E-state index contributed by atoms with van der Waals surface area (Å²) in [7, 11) is 0. The van der Waals surface area contributed by atoms with Crippen molar-refractivity contribution in [3.63, 3.8) is 0 Å². The highest BCUT2D eigenvalue weighted by Gasteiger charge is 2.21. The van der Waals surface area contributed by atoms with Crippen molar-refractivity contribution in [1.29, 1.82) is 0 Å². The zero-order valence-corrected chi connectivity index (χ0v) is 17.6. The maximum atomic E-state index is 13.2. The molecule has 1 atom stereocenters. The topological polar surface area (TPSA) is 88.2 Å². The number of thiazole rings is 1. The highest BCUT2D eigenvalue weighted by atomic mass is 32.1. The quantitative estimate of drug-likeness (QED) is 0.459. The number of aromatic nitrogens is 2. The van der Waals surface area contributed by atoms with E-state index in [-0.39, 0.29) is 11.7 Å². The van der Waals surface area contributed by atoms with Crippen LogP contribution in [0.1, 0.15) is 27.0 Å². The number of imidazole rings is 1. The number of nitrogens with zero attached hydrogens (tertiary/aromatic N) is 4. The van der Waals surface area contributed by atoms with Gasteiger partial charge >= 0.3 is 0 Å². The summed E-state index contributed by atoms with van der Waals surface area (Å²) in [5, 5.41) is 10.6. The lowest BCUT2D eigenvalue weighted by Crippen LogP contribution is -2.14. The summed E-state index contributed by atoms with van der Waals surface area (Å²) < 4.78 is 15.1. The van der Waals surface area contributed by atoms with Crippen LogP contribution in [0.5, 0.6) is 0 Å². The minimum absolute atomic E-state index is 0.262. The molecule has 1 aliphatic rings. The van der Waals surface area contributed by atoms with Gasteiger partial charge in [-0.05, 0) is 43.3 Å². The number of fused-ring (bicyclic) bond motifs is 1. The van der Waals surface area contributed by atoms with E-state index >= 15 is 0 Å². The van der Waals surface area contributed by atoms with E-state index < -0.39 is 11.9 Å². The Morgan fingerprint density at radius 1 is 1.16 bits per heavy atom. The number of nitrogens with one attached hydrogen (secondary N) is 1. The van der Waals surface area contributed by atoms with Gasteiger partial charge in [0, 0.05) is 34.8 Å².